The molecule has 0 N–H and O–H groups in total. The van der Waals surface area contributed by atoms with Crippen LogP contribution in [-0.2, 0) is 6.42 Å². The number of Topliss-reactive ketones (excluding diaryl/α,β-unsaturated/α-hetero) is 1. The molecule has 3 aromatic carbocycles. The van der Waals surface area contributed by atoms with E-state index in [1.807, 2.05) is 61.5 Å². The molecule has 0 aliphatic heterocycles. The number of benzene rings is 3. The first-order valence-corrected chi connectivity index (χ1v) is 10.3. The van der Waals surface area contributed by atoms with Crippen molar-refractivity contribution in [3.63, 3.8) is 0 Å². The Kier molecular flexibility index (Phi) is 5.66. The lowest BCUT2D eigenvalue weighted by molar-refractivity contribution is 0.0921. The number of hydrogen-bond acceptors (Lipinski definition) is 4. The number of ketones is 1. The van der Waals surface area contributed by atoms with Gasteiger partial charge in [0.05, 0.1) is 0 Å². The van der Waals surface area contributed by atoms with E-state index in [4.69, 9.17) is 9.15 Å². The molecule has 4 rings (SSSR count). The standard InChI is InChI=1S/C26H24O4/c1-3-4-7-20-15-25(28)30-26-17(2)24(13-12-22(20)26)29-16-23(27)21-11-10-18-8-5-6-9-19(18)14-21/h5-6,8-15H,3-4,7,16H2,1-2H3. The summed E-state index contributed by atoms with van der Waals surface area (Å²) in [6.45, 7) is 3.90. The van der Waals surface area contributed by atoms with Gasteiger partial charge in [-0.1, -0.05) is 49.7 Å². The van der Waals surface area contributed by atoms with E-state index in [1.165, 1.54) is 0 Å². The van der Waals surface area contributed by atoms with Crippen LogP contribution in [0.25, 0.3) is 21.7 Å². The van der Waals surface area contributed by atoms with Crippen molar-refractivity contribution in [2.45, 2.75) is 33.1 Å². The molecule has 0 bridgehead atoms. The number of rotatable bonds is 7. The van der Waals surface area contributed by atoms with E-state index in [0.717, 1.165) is 46.5 Å². The Labute approximate surface area is 175 Å². The van der Waals surface area contributed by atoms with Crippen molar-refractivity contribution in [1.82, 2.24) is 0 Å². The van der Waals surface area contributed by atoms with E-state index in [1.54, 1.807) is 6.07 Å². The van der Waals surface area contributed by atoms with Gasteiger partial charge in [0.2, 0.25) is 0 Å². The molecule has 0 spiro atoms. The van der Waals surface area contributed by atoms with Gasteiger partial charge >= 0.3 is 5.63 Å². The number of ether oxygens (including phenoxy) is 1. The van der Waals surface area contributed by atoms with Crippen LogP contribution < -0.4 is 10.4 Å². The summed E-state index contributed by atoms with van der Waals surface area (Å²) in [5.74, 6) is 0.450. The largest absolute Gasteiger partial charge is 0.485 e. The Morgan fingerprint density at radius 3 is 2.60 bits per heavy atom. The maximum absolute atomic E-state index is 12.7. The molecular formula is C26H24O4. The van der Waals surface area contributed by atoms with E-state index in [2.05, 4.69) is 6.92 Å². The zero-order chi connectivity index (χ0) is 21.1. The van der Waals surface area contributed by atoms with Crippen molar-refractivity contribution in [3.05, 3.63) is 87.8 Å². The van der Waals surface area contributed by atoms with Crippen LogP contribution in [0.2, 0.25) is 0 Å². The van der Waals surface area contributed by atoms with Gasteiger partial charge in [-0.3, -0.25) is 4.79 Å². The molecule has 0 fully saturated rings. The summed E-state index contributed by atoms with van der Waals surface area (Å²) >= 11 is 0. The van der Waals surface area contributed by atoms with Crippen LogP contribution in [0.5, 0.6) is 5.75 Å². The maximum atomic E-state index is 12.7. The Balaban J connectivity index is 1.58. The summed E-state index contributed by atoms with van der Waals surface area (Å²) in [5.41, 5.74) is 2.50. The normalized spacial score (nSPS) is 11.1. The molecule has 152 valence electrons. The Morgan fingerprint density at radius 2 is 1.80 bits per heavy atom. The van der Waals surface area contributed by atoms with Gasteiger partial charge < -0.3 is 9.15 Å². The third-order valence-corrected chi connectivity index (χ3v) is 5.43. The van der Waals surface area contributed by atoms with Crippen LogP contribution in [0.3, 0.4) is 0 Å². The van der Waals surface area contributed by atoms with Crippen molar-refractivity contribution in [2.75, 3.05) is 6.61 Å². The van der Waals surface area contributed by atoms with Crippen molar-refractivity contribution in [1.29, 1.82) is 0 Å². The minimum absolute atomic E-state index is 0.0789. The van der Waals surface area contributed by atoms with E-state index < -0.39 is 0 Å². The van der Waals surface area contributed by atoms with Crippen LogP contribution in [-0.4, -0.2) is 12.4 Å². The first kappa shape index (κ1) is 19.9. The number of fused-ring (bicyclic) bond motifs is 2. The summed E-state index contributed by atoms with van der Waals surface area (Å²) in [5, 5.41) is 3.04. The smallest absolute Gasteiger partial charge is 0.336 e. The molecule has 0 radical (unpaired) electrons. The molecule has 0 unspecified atom stereocenters. The fraction of sp³-hybridized carbons (Fsp3) is 0.231. The van der Waals surface area contributed by atoms with Crippen molar-refractivity contribution in [3.8, 4) is 5.75 Å². The van der Waals surface area contributed by atoms with E-state index >= 15 is 0 Å². The predicted octanol–water partition coefficient (Wildman–Crippen LogP) is 5.86. The first-order valence-electron chi connectivity index (χ1n) is 10.3. The molecule has 0 aliphatic rings. The average molecular weight is 400 g/mol. The summed E-state index contributed by atoms with van der Waals surface area (Å²) in [7, 11) is 0. The molecule has 0 saturated heterocycles. The molecule has 0 saturated carbocycles. The van der Waals surface area contributed by atoms with Gasteiger partial charge in [-0.05, 0) is 54.3 Å². The number of unbranched alkanes of at least 4 members (excludes halogenated alkanes) is 1. The zero-order valence-electron chi connectivity index (χ0n) is 17.2. The molecular weight excluding hydrogens is 376 g/mol. The molecule has 4 aromatic rings. The van der Waals surface area contributed by atoms with Crippen molar-refractivity contribution in [2.24, 2.45) is 0 Å². The summed E-state index contributed by atoms with van der Waals surface area (Å²) < 4.78 is 11.3. The SMILES string of the molecule is CCCCc1cc(=O)oc2c(C)c(OCC(=O)c3ccc4ccccc4c3)ccc12. The van der Waals surface area contributed by atoms with Gasteiger partial charge in [-0.2, -0.15) is 0 Å². The number of carbonyl (C=O) groups is 1. The molecule has 1 aromatic heterocycles. The second-order valence-electron chi connectivity index (χ2n) is 7.53. The van der Waals surface area contributed by atoms with Crippen LogP contribution in [0.4, 0.5) is 0 Å². The lowest BCUT2D eigenvalue weighted by Crippen LogP contribution is -2.12. The fourth-order valence-electron chi connectivity index (χ4n) is 3.73. The molecule has 4 heteroatoms. The highest BCUT2D eigenvalue weighted by Gasteiger charge is 2.14. The highest BCUT2D eigenvalue weighted by molar-refractivity contribution is 6.01. The van der Waals surface area contributed by atoms with Crippen LogP contribution in [0.15, 0.2) is 69.9 Å². The molecule has 1 heterocycles. The van der Waals surface area contributed by atoms with Crippen molar-refractivity contribution < 1.29 is 13.9 Å². The zero-order valence-corrected chi connectivity index (χ0v) is 17.2. The Bertz CT molecular complexity index is 1280. The third-order valence-electron chi connectivity index (χ3n) is 5.43. The number of hydrogen-bond donors (Lipinski definition) is 0. The van der Waals surface area contributed by atoms with E-state index in [-0.39, 0.29) is 18.0 Å². The lowest BCUT2D eigenvalue weighted by Gasteiger charge is -2.12. The van der Waals surface area contributed by atoms with Gasteiger partial charge in [0.15, 0.2) is 12.4 Å². The summed E-state index contributed by atoms with van der Waals surface area (Å²) in [4.78, 5) is 24.7. The quantitative estimate of drug-likeness (QED) is 0.288. The van der Waals surface area contributed by atoms with Gasteiger partial charge in [0.1, 0.15) is 11.3 Å². The fourth-order valence-corrected chi connectivity index (χ4v) is 3.73. The monoisotopic (exact) mass is 400 g/mol. The first-order chi connectivity index (χ1) is 14.6. The molecule has 0 aliphatic carbocycles. The highest BCUT2D eigenvalue weighted by atomic mass is 16.5. The summed E-state index contributed by atoms with van der Waals surface area (Å²) in [6, 6.07) is 18.9. The molecule has 0 atom stereocenters. The lowest BCUT2D eigenvalue weighted by atomic mass is 10.0. The third kappa shape index (κ3) is 3.99. The number of carbonyl (C=O) groups excluding carboxylic acids is 1. The van der Waals surface area contributed by atoms with Gasteiger partial charge in [-0.15, -0.1) is 0 Å². The van der Waals surface area contributed by atoms with Crippen LogP contribution in [0.1, 0.15) is 41.3 Å². The molecule has 30 heavy (non-hydrogen) atoms. The predicted molar refractivity (Wildman–Crippen MR) is 120 cm³/mol. The van der Waals surface area contributed by atoms with Crippen LogP contribution >= 0.6 is 0 Å². The Hall–Kier alpha value is -3.40. The maximum Gasteiger partial charge on any atom is 0.336 e. The second-order valence-corrected chi connectivity index (χ2v) is 7.53. The van der Waals surface area contributed by atoms with E-state index in [0.29, 0.717) is 16.9 Å². The van der Waals surface area contributed by atoms with Crippen LogP contribution in [0, 0.1) is 6.92 Å². The minimum Gasteiger partial charge on any atom is -0.485 e. The highest BCUT2D eigenvalue weighted by Crippen LogP contribution is 2.29. The number of aryl methyl sites for hydroxylation is 2. The van der Waals surface area contributed by atoms with E-state index in [9.17, 15) is 9.59 Å². The van der Waals surface area contributed by atoms with Gasteiger partial charge in [-0.25, -0.2) is 4.79 Å². The molecule has 4 nitrogen and oxygen atoms in total. The van der Waals surface area contributed by atoms with Gasteiger partial charge in [0.25, 0.3) is 0 Å². The summed E-state index contributed by atoms with van der Waals surface area (Å²) in [6.07, 6.45) is 2.90. The second kappa shape index (κ2) is 8.54. The average Bonchev–Trinajstić information content (AvgIpc) is 2.76. The molecule has 0 amide bonds. The van der Waals surface area contributed by atoms with Crippen molar-refractivity contribution >= 4 is 27.5 Å². The minimum atomic E-state index is -0.360. The van der Waals surface area contributed by atoms with Gasteiger partial charge in [0, 0.05) is 22.6 Å². The Morgan fingerprint density at radius 1 is 1.00 bits per heavy atom. The topological polar surface area (TPSA) is 56.5 Å².